The van der Waals surface area contributed by atoms with Gasteiger partial charge in [0.25, 0.3) is 5.69 Å². The SMILES string of the molecule is O=[N+]([O-])c1cc(S(=O)(=O)N2CCOCC2)ccc1N/N=C/c1ccc2c(c1)OCCO2. The largest absolute Gasteiger partial charge is 0.486 e. The van der Waals surface area contributed by atoms with Crippen LogP contribution in [0.1, 0.15) is 5.56 Å². The highest BCUT2D eigenvalue weighted by atomic mass is 32.2. The second-order valence-corrected chi connectivity index (χ2v) is 8.66. The second kappa shape index (κ2) is 8.88. The van der Waals surface area contributed by atoms with Crippen molar-refractivity contribution in [2.45, 2.75) is 4.90 Å². The number of rotatable bonds is 6. The highest BCUT2D eigenvalue weighted by molar-refractivity contribution is 7.89. The molecule has 164 valence electrons. The van der Waals surface area contributed by atoms with Crippen molar-refractivity contribution in [3.63, 3.8) is 0 Å². The molecule has 0 saturated carbocycles. The van der Waals surface area contributed by atoms with Gasteiger partial charge in [0.15, 0.2) is 11.5 Å². The van der Waals surface area contributed by atoms with Crippen molar-refractivity contribution in [3.05, 3.63) is 52.1 Å². The van der Waals surface area contributed by atoms with E-state index in [1.807, 2.05) is 0 Å². The van der Waals surface area contributed by atoms with Gasteiger partial charge in [-0.15, -0.1) is 0 Å². The Balaban J connectivity index is 1.53. The van der Waals surface area contributed by atoms with E-state index in [2.05, 4.69) is 10.5 Å². The predicted octanol–water partition coefficient (Wildman–Crippen LogP) is 1.83. The van der Waals surface area contributed by atoms with Gasteiger partial charge in [0.2, 0.25) is 10.0 Å². The summed E-state index contributed by atoms with van der Waals surface area (Å²) in [6.45, 7) is 1.93. The van der Waals surface area contributed by atoms with E-state index in [0.29, 0.717) is 30.3 Å². The normalized spacial score (nSPS) is 16.9. The van der Waals surface area contributed by atoms with Crippen LogP contribution in [0, 0.1) is 10.1 Å². The van der Waals surface area contributed by atoms with Crippen molar-refractivity contribution in [3.8, 4) is 11.5 Å². The number of hydrazone groups is 1. The van der Waals surface area contributed by atoms with Crippen molar-refractivity contribution in [1.29, 1.82) is 0 Å². The minimum absolute atomic E-state index is 0.0692. The lowest BCUT2D eigenvalue weighted by molar-refractivity contribution is -0.384. The topological polar surface area (TPSA) is 133 Å². The second-order valence-electron chi connectivity index (χ2n) is 6.73. The Morgan fingerprint density at radius 3 is 2.52 bits per heavy atom. The predicted molar refractivity (Wildman–Crippen MR) is 111 cm³/mol. The van der Waals surface area contributed by atoms with E-state index >= 15 is 0 Å². The van der Waals surface area contributed by atoms with Crippen LogP contribution in [0.3, 0.4) is 0 Å². The maximum Gasteiger partial charge on any atom is 0.295 e. The molecule has 0 atom stereocenters. The first kappa shape index (κ1) is 21.0. The third-order valence-electron chi connectivity index (χ3n) is 4.74. The molecular formula is C19H20N4O7S. The fourth-order valence-corrected chi connectivity index (χ4v) is 4.60. The maximum absolute atomic E-state index is 12.8. The average molecular weight is 448 g/mol. The quantitative estimate of drug-likeness (QED) is 0.402. The van der Waals surface area contributed by atoms with Crippen LogP contribution in [0.2, 0.25) is 0 Å². The number of hydrogen-bond acceptors (Lipinski definition) is 9. The fourth-order valence-electron chi connectivity index (χ4n) is 3.17. The summed E-state index contributed by atoms with van der Waals surface area (Å²) in [4.78, 5) is 10.7. The van der Waals surface area contributed by atoms with E-state index in [-0.39, 0.29) is 36.9 Å². The van der Waals surface area contributed by atoms with Crippen molar-refractivity contribution in [1.82, 2.24) is 4.31 Å². The number of nitro benzene ring substituents is 1. The van der Waals surface area contributed by atoms with E-state index < -0.39 is 20.6 Å². The molecule has 11 nitrogen and oxygen atoms in total. The summed E-state index contributed by atoms with van der Waals surface area (Å²) in [7, 11) is -3.85. The highest BCUT2D eigenvalue weighted by Crippen LogP contribution is 2.31. The Morgan fingerprint density at radius 1 is 1.03 bits per heavy atom. The highest BCUT2D eigenvalue weighted by Gasteiger charge is 2.28. The van der Waals surface area contributed by atoms with Gasteiger partial charge in [-0.3, -0.25) is 15.5 Å². The van der Waals surface area contributed by atoms with Crippen LogP contribution in [-0.2, 0) is 14.8 Å². The number of morpholine rings is 1. The van der Waals surface area contributed by atoms with Gasteiger partial charge in [-0.05, 0) is 35.9 Å². The first-order chi connectivity index (χ1) is 14.9. The zero-order valence-electron chi connectivity index (χ0n) is 16.4. The molecule has 4 rings (SSSR count). The van der Waals surface area contributed by atoms with Gasteiger partial charge >= 0.3 is 0 Å². The van der Waals surface area contributed by atoms with Crippen LogP contribution in [0.25, 0.3) is 0 Å². The van der Waals surface area contributed by atoms with E-state index in [0.717, 1.165) is 6.07 Å². The van der Waals surface area contributed by atoms with Crippen LogP contribution < -0.4 is 14.9 Å². The lowest BCUT2D eigenvalue weighted by Crippen LogP contribution is -2.40. The van der Waals surface area contributed by atoms with Gasteiger partial charge in [-0.25, -0.2) is 8.42 Å². The molecule has 0 spiro atoms. The third kappa shape index (κ3) is 4.60. The lowest BCUT2D eigenvalue weighted by atomic mass is 10.2. The molecule has 0 aromatic heterocycles. The molecule has 0 bridgehead atoms. The third-order valence-corrected chi connectivity index (χ3v) is 6.63. The Morgan fingerprint density at radius 2 is 1.77 bits per heavy atom. The molecule has 0 amide bonds. The summed E-state index contributed by atoms with van der Waals surface area (Å²) in [6, 6.07) is 8.94. The number of ether oxygens (including phenoxy) is 3. The number of nitrogens with one attached hydrogen (secondary N) is 1. The van der Waals surface area contributed by atoms with Crippen molar-refractivity contribution >= 4 is 27.6 Å². The minimum atomic E-state index is -3.85. The van der Waals surface area contributed by atoms with Crippen LogP contribution in [0.5, 0.6) is 11.5 Å². The molecule has 2 aromatic carbocycles. The molecule has 1 fully saturated rings. The molecule has 12 heteroatoms. The molecule has 0 radical (unpaired) electrons. The van der Waals surface area contributed by atoms with Crippen molar-refractivity contribution < 1.29 is 27.6 Å². The number of nitro groups is 1. The monoisotopic (exact) mass is 448 g/mol. The number of sulfonamides is 1. The van der Waals surface area contributed by atoms with Gasteiger partial charge in [0.05, 0.1) is 29.2 Å². The van der Waals surface area contributed by atoms with E-state index in [1.165, 1.54) is 22.7 Å². The summed E-state index contributed by atoms with van der Waals surface area (Å²) in [6.07, 6.45) is 1.47. The Hall–Kier alpha value is -3.22. The summed E-state index contributed by atoms with van der Waals surface area (Å²) in [5.41, 5.74) is 2.98. The van der Waals surface area contributed by atoms with Gasteiger partial charge in [0, 0.05) is 19.2 Å². The molecule has 2 heterocycles. The van der Waals surface area contributed by atoms with Crippen LogP contribution >= 0.6 is 0 Å². The first-order valence-electron chi connectivity index (χ1n) is 9.50. The number of hydrogen-bond donors (Lipinski definition) is 1. The summed E-state index contributed by atoms with van der Waals surface area (Å²) < 4.78 is 42.9. The zero-order valence-corrected chi connectivity index (χ0v) is 17.2. The summed E-state index contributed by atoms with van der Waals surface area (Å²) in [5, 5.41) is 15.6. The molecule has 1 saturated heterocycles. The number of benzene rings is 2. The average Bonchev–Trinajstić information content (AvgIpc) is 2.79. The van der Waals surface area contributed by atoms with Crippen LogP contribution in [0.4, 0.5) is 11.4 Å². The van der Waals surface area contributed by atoms with Crippen LogP contribution in [-0.4, -0.2) is 63.4 Å². The number of nitrogens with zero attached hydrogens (tertiary/aromatic N) is 3. The smallest absolute Gasteiger partial charge is 0.295 e. The zero-order chi connectivity index (χ0) is 21.8. The molecule has 2 aromatic rings. The van der Waals surface area contributed by atoms with Crippen molar-refractivity contribution in [2.24, 2.45) is 5.10 Å². The summed E-state index contributed by atoms with van der Waals surface area (Å²) in [5.74, 6) is 1.24. The van der Waals surface area contributed by atoms with Crippen molar-refractivity contribution in [2.75, 3.05) is 44.9 Å². The van der Waals surface area contributed by atoms with Gasteiger partial charge in [-0.1, -0.05) is 0 Å². The Kier molecular flexibility index (Phi) is 6.02. The first-order valence-corrected chi connectivity index (χ1v) is 10.9. The van der Waals surface area contributed by atoms with E-state index in [4.69, 9.17) is 14.2 Å². The van der Waals surface area contributed by atoms with Gasteiger partial charge in [-0.2, -0.15) is 9.41 Å². The number of fused-ring (bicyclic) bond motifs is 1. The molecular weight excluding hydrogens is 428 g/mol. The Bertz CT molecular complexity index is 1110. The molecule has 31 heavy (non-hydrogen) atoms. The molecule has 1 N–H and O–H groups in total. The minimum Gasteiger partial charge on any atom is -0.486 e. The van der Waals surface area contributed by atoms with E-state index in [1.54, 1.807) is 18.2 Å². The van der Waals surface area contributed by atoms with Crippen LogP contribution in [0.15, 0.2) is 46.4 Å². The Labute approximate surface area is 178 Å². The summed E-state index contributed by atoms with van der Waals surface area (Å²) >= 11 is 0. The number of anilines is 1. The fraction of sp³-hybridized carbons (Fsp3) is 0.316. The molecule has 2 aliphatic heterocycles. The maximum atomic E-state index is 12.8. The van der Waals surface area contributed by atoms with E-state index in [9.17, 15) is 18.5 Å². The van der Waals surface area contributed by atoms with Gasteiger partial charge < -0.3 is 14.2 Å². The standard InChI is InChI=1S/C19H20N4O7S/c24-23(25)17-12-15(31(26,27)22-5-7-28-8-6-22)2-3-16(17)21-20-13-14-1-4-18-19(11-14)30-10-9-29-18/h1-4,11-13,21H,5-10H2/b20-13+. The lowest BCUT2D eigenvalue weighted by Gasteiger charge is -2.26. The molecule has 0 unspecified atom stereocenters. The molecule has 2 aliphatic rings. The molecule has 0 aliphatic carbocycles. The van der Waals surface area contributed by atoms with Gasteiger partial charge in [0.1, 0.15) is 18.9 Å².